The molecule has 3 rings (SSSR count). The molecule has 8 nitrogen and oxygen atoms in total. The molecule has 172 valence electrons. The fourth-order valence-electron chi connectivity index (χ4n) is 2.94. The molecule has 32 heavy (non-hydrogen) atoms. The van der Waals surface area contributed by atoms with Crippen LogP contribution in [0.3, 0.4) is 0 Å². The van der Waals surface area contributed by atoms with E-state index in [9.17, 15) is 5.11 Å². The highest BCUT2D eigenvalue weighted by Crippen LogP contribution is 2.37. The highest BCUT2D eigenvalue weighted by Gasteiger charge is 2.11. The lowest BCUT2D eigenvalue weighted by Gasteiger charge is -2.12. The lowest BCUT2D eigenvalue weighted by molar-refractivity contribution is 0.339. The van der Waals surface area contributed by atoms with Crippen molar-refractivity contribution >= 4 is 29.9 Å². The number of hydrogen-bond donors (Lipinski definition) is 3. The summed E-state index contributed by atoms with van der Waals surface area (Å²) in [5.74, 6) is 1.87. The Bertz CT molecular complexity index is 1010. The van der Waals surface area contributed by atoms with Crippen LogP contribution in [0.5, 0.6) is 17.2 Å². The van der Waals surface area contributed by atoms with Gasteiger partial charge in [0.15, 0.2) is 17.5 Å². The molecule has 9 heteroatoms. The third kappa shape index (κ3) is 6.52. The minimum atomic E-state index is -0.0295. The first-order valence-corrected chi connectivity index (χ1v) is 10.0. The molecule has 3 aromatic rings. The van der Waals surface area contributed by atoms with Crippen molar-refractivity contribution in [3.8, 4) is 28.7 Å². The van der Waals surface area contributed by atoms with Crippen LogP contribution in [0.1, 0.15) is 23.7 Å². The third-order valence-electron chi connectivity index (χ3n) is 4.59. The quantitative estimate of drug-likeness (QED) is 0.218. The lowest BCUT2D eigenvalue weighted by atomic mass is 10.1. The molecule has 2 aromatic carbocycles. The zero-order valence-corrected chi connectivity index (χ0v) is 21.0. The van der Waals surface area contributed by atoms with Gasteiger partial charge in [-0.05, 0) is 43.7 Å². The van der Waals surface area contributed by atoms with E-state index in [2.05, 4.69) is 20.6 Å². The molecule has 1 aromatic heterocycles. The Hall–Kier alpha value is -2.95. The van der Waals surface area contributed by atoms with Gasteiger partial charge in [0.05, 0.1) is 33.0 Å². The van der Waals surface area contributed by atoms with E-state index in [1.807, 2.05) is 38.1 Å². The van der Waals surface area contributed by atoms with Crippen LogP contribution in [0.4, 0.5) is 0 Å². The van der Waals surface area contributed by atoms with Crippen LogP contribution in [-0.4, -0.2) is 36.8 Å². The summed E-state index contributed by atoms with van der Waals surface area (Å²) in [6.45, 7) is 5.58. The van der Waals surface area contributed by atoms with Gasteiger partial charge in [-0.2, -0.15) is 0 Å². The van der Waals surface area contributed by atoms with Crippen molar-refractivity contribution in [1.29, 1.82) is 0 Å². The summed E-state index contributed by atoms with van der Waals surface area (Å²) in [5, 5.41) is 16.5. The van der Waals surface area contributed by atoms with Gasteiger partial charge in [-0.15, -0.1) is 24.0 Å². The number of guanidine groups is 1. The van der Waals surface area contributed by atoms with Gasteiger partial charge in [0.25, 0.3) is 0 Å². The molecule has 0 aliphatic heterocycles. The maximum atomic E-state index is 10.1. The number of oxazole rings is 1. The molecule has 1 heterocycles. The highest BCUT2D eigenvalue weighted by molar-refractivity contribution is 14.0. The second-order valence-corrected chi connectivity index (χ2v) is 6.91. The number of benzene rings is 2. The molecule has 0 saturated carbocycles. The molecule has 0 spiro atoms. The van der Waals surface area contributed by atoms with Crippen molar-refractivity contribution in [3.63, 3.8) is 0 Å². The monoisotopic (exact) mass is 552 g/mol. The molecular formula is C23H29IN4O4. The molecule has 0 fully saturated rings. The van der Waals surface area contributed by atoms with Crippen molar-refractivity contribution < 1.29 is 19.0 Å². The van der Waals surface area contributed by atoms with Crippen molar-refractivity contribution in [1.82, 2.24) is 15.6 Å². The first kappa shape index (κ1) is 25.3. The number of aromatic nitrogens is 1. The van der Waals surface area contributed by atoms with E-state index in [-0.39, 0.29) is 29.7 Å². The summed E-state index contributed by atoms with van der Waals surface area (Å²) in [4.78, 5) is 9.14. The van der Waals surface area contributed by atoms with Gasteiger partial charge in [-0.1, -0.05) is 17.7 Å². The van der Waals surface area contributed by atoms with E-state index in [0.717, 1.165) is 16.8 Å². The summed E-state index contributed by atoms with van der Waals surface area (Å²) in [6.07, 6.45) is 1.64. The second kappa shape index (κ2) is 12.2. The van der Waals surface area contributed by atoms with Crippen LogP contribution < -0.4 is 20.1 Å². The maximum Gasteiger partial charge on any atom is 0.226 e. The standard InChI is InChI=1S/C23H28N4O4.HI/c1-5-24-23(25-12-16-10-19(29-3)21(28)20(11-16)30-4)26-13-18-14-31-22(27-18)17-8-6-15(2)7-9-17;/h6-11,14,28H,5,12-13H2,1-4H3,(H2,24,25,26);1H. The Labute approximate surface area is 205 Å². The smallest absolute Gasteiger partial charge is 0.226 e. The first-order valence-electron chi connectivity index (χ1n) is 10.0. The molecular weight excluding hydrogens is 523 g/mol. The van der Waals surface area contributed by atoms with Gasteiger partial charge >= 0.3 is 0 Å². The average Bonchev–Trinajstić information content (AvgIpc) is 3.26. The minimum Gasteiger partial charge on any atom is -0.502 e. The van der Waals surface area contributed by atoms with E-state index >= 15 is 0 Å². The number of aryl methyl sites for hydroxylation is 1. The molecule has 0 bridgehead atoms. The van der Waals surface area contributed by atoms with E-state index in [4.69, 9.17) is 13.9 Å². The number of phenols is 1. The van der Waals surface area contributed by atoms with Crippen LogP contribution >= 0.6 is 24.0 Å². The molecule has 0 saturated heterocycles. The van der Waals surface area contributed by atoms with Crippen molar-refractivity contribution in [2.24, 2.45) is 4.99 Å². The number of nitrogens with zero attached hydrogens (tertiary/aromatic N) is 2. The topological polar surface area (TPSA) is 101 Å². The zero-order chi connectivity index (χ0) is 22.2. The predicted molar refractivity (Wildman–Crippen MR) is 135 cm³/mol. The number of rotatable bonds is 8. The van der Waals surface area contributed by atoms with Crippen molar-refractivity contribution in [3.05, 3.63) is 59.5 Å². The Morgan fingerprint density at radius 1 is 1.09 bits per heavy atom. The Morgan fingerprint density at radius 3 is 2.34 bits per heavy atom. The first-order chi connectivity index (χ1) is 15.0. The van der Waals surface area contributed by atoms with Crippen LogP contribution in [0.15, 0.2) is 52.1 Å². The van der Waals surface area contributed by atoms with Crippen LogP contribution in [0.25, 0.3) is 11.5 Å². The summed E-state index contributed by atoms with van der Waals surface area (Å²) in [7, 11) is 2.99. The lowest BCUT2D eigenvalue weighted by Crippen LogP contribution is -2.36. The number of nitrogens with one attached hydrogen (secondary N) is 2. The third-order valence-corrected chi connectivity index (χ3v) is 4.59. The Balaban J connectivity index is 0.00000363. The average molecular weight is 552 g/mol. The van der Waals surface area contributed by atoms with E-state index in [1.165, 1.54) is 19.8 Å². The number of methoxy groups -OCH3 is 2. The fraction of sp³-hybridized carbons (Fsp3) is 0.304. The molecule has 0 atom stereocenters. The van der Waals surface area contributed by atoms with Crippen molar-refractivity contribution in [2.45, 2.75) is 26.9 Å². The number of hydrogen-bond acceptors (Lipinski definition) is 6. The maximum absolute atomic E-state index is 10.1. The summed E-state index contributed by atoms with van der Waals surface area (Å²) in [5.41, 5.74) is 3.74. The highest BCUT2D eigenvalue weighted by atomic mass is 127. The predicted octanol–water partition coefficient (Wildman–Crippen LogP) is 4.25. The van der Waals surface area contributed by atoms with E-state index in [0.29, 0.717) is 43.0 Å². The van der Waals surface area contributed by atoms with Gasteiger partial charge < -0.3 is 29.6 Å². The number of halogens is 1. The summed E-state index contributed by atoms with van der Waals surface area (Å²) in [6, 6.07) is 11.5. The number of ether oxygens (including phenoxy) is 2. The van der Waals surface area contributed by atoms with Gasteiger partial charge in [0.2, 0.25) is 11.6 Å². The van der Waals surface area contributed by atoms with Crippen LogP contribution in [0, 0.1) is 6.92 Å². The number of aliphatic imine (C=N–C) groups is 1. The van der Waals surface area contributed by atoms with Gasteiger partial charge in [0, 0.05) is 12.1 Å². The number of aromatic hydroxyl groups is 1. The van der Waals surface area contributed by atoms with E-state index < -0.39 is 0 Å². The molecule has 0 unspecified atom stereocenters. The molecule has 0 amide bonds. The number of phenolic OH excluding ortho intramolecular Hbond substituents is 1. The Kier molecular flexibility index (Phi) is 9.63. The van der Waals surface area contributed by atoms with Crippen molar-refractivity contribution in [2.75, 3.05) is 20.8 Å². The van der Waals surface area contributed by atoms with E-state index in [1.54, 1.807) is 18.4 Å². The molecule has 0 aliphatic carbocycles. The van der Waals surface area contributed by atoms with Crippen LogP contribution in [0.2, 0.25) is 0 Å². The van der Waals surface area contributed by atoms with Gasteiger partial charge in [-0.3, -0.25) is 0 Å². The van der Waals surface area contributed by atoms with Crippen LogP contribution in [-0.2, 0) is 13.1 Å². The second-order valence-electron chi connectivity index (χ2n) is 6.91. The minimum absolute atomic E-state index is 0. The molecule has 3 N–H and O–H groups in total. The normalized spacial score (nSPS) is 10.9. The summed E-state index contributed by atoms with van der Waals surface area (Å²) < 4.78 is 16.0. The fourth-order valence-corrected chi connectivity index (χ4v) is 2.94. The van der Waals surface area contributed by atoms with Gasteiger partial charge in [-0.25, -0.2) is 9.98 Å². The SMILES string of the molecule is CCNC(=NCc1cc(OC)c(O)c(OC)c1)NCc1coc(-c2ccc(C)cc2)n1.I. The molecule has 0 radical (unpaired) electrons. The zero-order valence-electron chi connectivity index (χ0n) is 18.6. The largest absolute Gasteiger partial charge is 0.502 e. The summed E-state index contributed by atoms with van der Waals surface area (Å²) >= 11 is 0. The Morgan fingerprint density at radius 2 is 1.75 bits per heavy atom. The van der Waals surface area contributed by atoms with Gasteiger partial charge in [0.1, 0.15) is 6.26 Å². The molecule has 0 aliphatic rings.